The molecule has 3 heterocycles. The van der Waals surface area contributed by atoms with E-state index in [-0.39, 0.29) is 23.9 Å². The molecule has 4 atom stereocenters. The third-order valence-electron chi connectivity index (χ3n) is 6.92. The second-order valence-electron chi connectivity index (χ2n) is 9.19. The Kier molecular flexibility index (Phi) is 4.66. The summed E-state index contributed by atoms with van der Waals surface area (Å²) in [4.78, 5) is 33.8. The number of fused-ring (bicyclic) bond motifs is 2. The molecule has 1 fully saturated rings. The Balaban J connectivity index is 1.51. The average Bonchev–Trinajstić information content (AvgIpc) is 3.34. The van der Waals surface area contributed by atoms with E-state index in [2.05, 4.69) is 12.1 Å². The van der Waals surface area contributed by atoms with Gasteiger partial charge in [-0.1, -0.05) is 47.7 Å². The molecule has 2 aromatic carbocycles. The molecule has 3 aliphatic rings. The van der Waals surface area contributed by atoms with Crippen LogP contribution in [0.4, 0.5) is 9.52 Å². The van der Waals surface area contributed by atoms with Gasteiger partial charge in [-0.05, 0) is 55.9 Å². The van der Waals surface area contributed by atoms with Crippen molar-refractivity contribution in [1.29, 1.82) is 0 Å². The van der Waals surface area contributed by atoms with E-state index < -0.39 is 24.2 Å². The molecule has 1 amide bonds. The number of ether oxygens (including phenoxy) is 1. The molecule has 7 heteroatoms. The normalized spacial score (nSPS) is 27.1. The summed E-state index contributed by atoms with van der Waals surface area (Å²) in [6.45, 7) is 4.04. The number of Topliss-reactive ketones (excluding diaryl/α,β-unsaturated/α-hetero) is 1. The highest BCUT2D eigenvalue weighted by Gasteiger charge is 2.54. The van der Waals surface area contributed by atoms with Crippen LogP contribution in [-0.2, 0) is 14.3 Å². The molecule has 0 spiro atoms. The Morgan fingerprint density at radius 3 is 2.70 bits per heavy atom. The van der Waals surface area contributed by atoms with Crippen LogP contribution >= 0.6 is 11.3 Å². The van der Waals surface area contributed by atoms with Crippen molar-refractivity contribution in [2.24, 2.45) is 5.92 Å². The van der Waals surface area contributed by atoms with Crippen LogP contribution in [0, 0.1) is 19.8 Å². The average molecular weight is 463 g/mol. The van der Waals surface area contributed by atoms with Crippen LogP contribution in [0.3, 0.4) is 0 Å². The molecular formula is C26H23FN2O3S. The molecule has 3 aromatic rings. The summed E-state index contributed by atoms with van der Waals surface area (Å²) in [5.41, 5.74) is 4.18. The minimum absolute atomic E-state index is 0.111. The molecule has 6 rings (SSSR count). The number of nitrogens with zero attached hydrogens (tertiary/aromatic N) is 2. The second-order valence-corrected chi connectivity index (χ2v) is 10.2. The van der Waals surface area contributed by atoms with Crippen LogP contribution in [0.1, 0.15) is 42.0 Å². The number of halogens is 1. The zero-order valence-electron chi connectivity index (χ0n) is 18.4. The summed E-state index contributed by atoms with van der Waals surface area (Å²) in [6, 6.07) is 13.0. The third kappa shape index (κ3) is 3.13. The van der Waals surface area contributed by atoms with Crippen LogP contribution in [-0.4, -0.2) is 29.0 Å². The minimum atomic E-state index is -1.01. The van der Waals surface area contributed by atoms with E-state index in [4.69, 9.17) is 9.72 Å². The van der Waals surface area contributed by atoms with Gasteiger partial charge >= 0.3 is 0 Å². The maximum Gasteiger partial charge on any atom is 0.296 e. The van der Waals surface area contributed by atoms with Crippen molar-refractivity contribution >= 4 is 38.4 Å². The molecule has 1 aromatic heterocycles. The Bertz CT molecular complexity index is 1330. The topological polar surface area (TPSA) is 59.5 Å². The number of hydrogen-bond acceptors (Lipinski definition) is 5. The van der Waals surface area contributed by atoms with E-state index in [1.165, 1.54) is 11.3 Å². The molecule has 1 aliphatic carbocycles. The first-order valence-corrected chi connectivity index (χ1v) is 12.1. The van der Waals surface area contributed by atoms with Crippen LogP contribution < -0.4 is 4.90 Å². The lowest BCUT2D eigenvalue weighted by molar-refractivity contribution is -0.133. The molecule has 2 aliphatic heterocycles. The smallest absolute Gasteiger partial charge is 0.296 e. The van der Waals surface area contributed by atoms with Gasteiger partial charge in [0.2, 0.25) is 0 Å². The number of aromatic nitrogens is 1. The number of hydrogen-bond donors (Lipinski definition) is 0. The first kappa shape index (κ1) is 20.5. The van der Waals surface area contributed by atoms with Crippen molar-refractivity contribution < 1.29 is 18.7 Å². The highest BCUT2D eigenvalue weighted by Crippen LogP contribution is 2.49. The molecule has 33 heavy (non-hydrogen) atoms. The number of benzene rings is 2. The zero-order chi connectivity index (χ0) is 22.9. The number of amides is 1. The van der Waals surface area contributed by atoms with E-state index in [1.807, 2.05) is 44.2 Å². The zero-order valence-corrected chi connectivity index (χ0v) is 19.2. The van der Waals surface area contributed by atoms with Gasteiger partial charge < -0.3 is 4.74 Å². The number of ketones is 1. The quantitative estimate of drug-likeness (QED) is 0.514. The molecule has 4 unspecified atom stereocenters. The van der Waals surface area contributed by atoms with E-state index in [1.54, 1.807) is 4.90 Å². The van der Waals surface area contributed by atoms with Crippen molar-refractivity contribution in [2.75, 3.05) is 4.90 Å². The van der Waals surface area contributed by atoms with Gasteiger partial charge in [0.1, 0.15) is 12.3 Å². The summed E-state index contributed by atoms with van der Waals surface area (Å²) >= 11 is 1.44. The third-order valence-corrected chi connectivity index (χ3v) is 7.93. The summed E-state index contributed by atoms with van der Waals surface area (Å²) in [6.07, 6.45) is -0.510. The largest absolute Gasteiger partial charge is 0.483 e. The first-order valence-electron chi connectivity index (χ1n) is 11.3. The Morgan fingerprint density at radius 2 is 1.91 bits per heavy atom. The number of carbonyl (C=O) groups excluding carboxylic acids is 2. The van der Waals surface area contributed by atoms with Crippen LogP contribution in [0.15, 0.2) is 53.8 Å². The molecule has 5 nitrogen and oxygen atoms in total. The van der Waals surface area contributed by atoms with E-state index in [0.717, 1.165) is 26.9 Å². The van der Waals surface area contributed by atoms with Gasteiger partial charge in [0.15, 0.2) is 16.7 Å². The molecule has 0 bridgehead atoms. The van der Waals surface area contributed by atoms with Gasteiger partial charge in [0.25, 0.3) is 5.91 Å². The van der Waals surface area contributed by atoms with Gasteiger partial charge in [-0.2, -0.15) is 0 Å². The number of rotatable bonds is 2. The number of carbonyl (C=O) groups is 2. The monoisotopic (exact) mass is 462 g/mol. The predicted octanol–water partition coefficient (Wildman–Crippen LogP) is 5.36. The van der Waals surface area contributed by atoms with Crippen molar-refractivity contribution in [3.63, 3.8) is 0 Å². The van der Waals surface area contributed by atoms with Gasteiger partial charge in [-0.15, -0.1) is 0 Å². The molecule has 0 saturated heterocycles. The predicted molar refractivity (Wildman–Crippen MR) is 125 cm³/mol. The SMILES string of the molecule is Cc1cc(C)c2nc(N3C(=O)C4=C(C(=O)C5CC(F)CCC5O4)C3c3ccccc3)sc2c1. The maximum atomic E-state index is 14.2. The van der Waals surface area contributed by atoms with Crippen LogP contribution in [0.5, 0.6) is 0 Å². The Labute approximate surface area is 194 Å². The summed E-state index contributed by atoms with van der Waals surface area (Å²) in [5.74, 6) is -0.950. The minimum Gasteiger partial charge on any atom is -0.483 e. The molecule has 0 N–H and O–H groups in total. The fraction of sp³-hybridized carbons (Fsp3) is 0.346. The Hall–Kier alpha value is -3.06. The highest BCUT2D eigenvalue weighted by molar-refractivity contribution is 7.22. The lowest BCUT2D eigenvalue weighted by Gasteiger charge is -2.36. The summed E-state index contributed by atoms with van der Waals surface area (Å²) < 4.78 is 21.3. The fourth-order valence-electron chi connectivity index (χ4n) is 5.43. The first-order chi connectivity index (χ1) is 15.9. The maximum absolute atomic E-state index is 14.2. The van der Waals surface area contributed by atoms with Crippen molar-refractivity contribution in [3.05, 3.63) is 70.5 Å². The highest BCUT2D eigenvalue weighted by atomic mass is 32.1. The lowest BCUT2D eigenvalue weighted by atomic mass is 9.77. The second kappa shape index (κ2) is 7.48. The van der Waals surface area contributed by atoms with E-state index >= 15 is 0 Å². The molecule has 1 saturated carbocycles. The van der Waals surface area contributed by atoms with Crippen molar-refractivity contribution in [3.8, 4) is 0 Å². The molecule has 168 valence electrons. The number of aryl methyl sites for hydroxylation is 2. The van der Waals surface area contributed by atoms with Gasteiger partial charge in [-0.25, -0.2) is 9.37 Å². The molecule has 0 radical (unpaired) electrons. The van der Waals surface area contributed by atoms with Gasteiger partial charge in [0, 0.05) is 0 Å². The van der Waals surface area contributed by atoms with Crippen molar-refractivity contribution in [1.82, 2.24) is 4.98 Å². The number of thiazole rings is 1. The van der Waals surface area contributed by atoms with Gasteiger partial charge in [-0.3, -0.25) is 14.5 Å². The van der Waals surface area contributed by atoms with Gasteiger partial charge in [0.05, 0.1) is 27.7 Å². The van der Waals surface area contributed by atoms with E-state index in [9.17, 15) is 14.0 Å². The van der Waals surface area contributed by atoms with Crippen LogP contribution in [0.2, 0.25) is 0 Å². The summed E-state index contributed by atoms with van der Waals surface area (Å²) in [5, 5.41) is 0.537. The fourth-order valence-corrected chi connectivity index (χ4v) is 6.59. The lowest BCUT2D eigenvalue weighted by Crippen LogP contribution is -2.42. The summed E-state index contributed by atoms with van der Waals surface area (Å²) in [7, 11) is 0. The number of alkyl halides is 1. The van der Waals surface area contributed by atoms with Crippen LogP contribution in [0.25, 0.3) is 10.2 Å². The molecular weight excluding hydrogens is 439 g/mol. The van der Waals surface area contributed by atoms with E-state index in [0.29, 0.717) is 23.5 Å². The number of anilines is 1. The standard InChI is InChI=1S/C26H23FN2O3S/c1-13-10-14(2)21-19(11-13)33-26(28-21)29-22(15-6-4-3-5-7-15)20-23(30)17-12-16(27)8-9-18(17)32-24(20)25(29)31/h3-7,10-11,16-18,22H,8-9,12H2,1-2H3. The van der Waals surface area contributed by atoms with Crippen molar-refractivity contribution in [2.45, 2.75) is 51.4 Å². The Morgan fingerprint density at radius 1 is 1.12 bits per heavy atom.